The van der Waals surface area contributed by atoms with Crippen molar-refractivity contribution in [2.75, 3.05) is 5.32 Å². The van der Waals surface area contributed by atoms with Gasteiger partial charge in [0.2, 0.25) is 5.91 Å². The molecule has 0 saturated carbocycles. The van der Waals surface area contributed by atoms with Crippen LogP contribution in [0, 0.1) is 0 Å². The van der Waals surface area contributed by atoms with E-state index in [1.807, 2.05) is 72.8 Å². The molecule has 3 aromatic carbocycles. The number of aromatic nitrogens is 3. The molecule has 1 N–H and O–H groups in total. The van der Waals surface area contributed by atoms with Crippen LogP contribution in [0.1, 0.15) is 13.0 Å². The number of carbonyl (C=O) groups is 1. The van der Waals surface area contributed by atoms with Gasteiger partial charge in [-0.1, -0.05) is 66.7 Å². The Balaban J connectivity index is 1.59. The lowest BCUT2D eigenvalue weighted by Gasteiger charge is -2.15. The van der Waals surface area contributed by atoms with E-state index in [0.29, 0.717) is 11.4 Å². The number of benzene rings is 3. The molecule has 0 spiro atoms. The third-order valence-electron chi connectivity index (χ3n) is 4.58. The Kier molecular flexibility index (Phi) is 4.68. The molecule has 0 saturated heterocycles. The maximum Gasteiger partial charge on any atom is 0.365 e. The first-order valence-corrected chi connectivity index (χ1v) is 8.93. The minimum atomic E-state index is -0.802. The van der Waals surface area contributed by atoms with Crippen LogP contribution < -0.4 is 11.0 Å². The molecule has 4 aromatic rings. The molecule has 138 valence electrons. The zero-order valence-corrected chi connectivity index (χ0v) is 15.2. The Morgan fingerprint density at radius 1 is 0.964 bits per heavy atom. The summed E-state index contributed by atoms with van der Waals surface area (Å²) >= 11 is 0. The average Bonchev–Trinajstić information content (AvgIpc) is 2.74. The zero-order chi connectivity index (χ0) is 19.5. The molecule has 0 bridgehead atoms. The number of rotatable bonds is 4. The number of fused-ring (bicyclic) bond motifs is 1. The molecular weight excluding hydrogens is 352 g/mol. The summed E-state index contributed by atoms with van der Waals surface area (Å²) in [6, 6.07) is 22.0. The van der Waals surface area contributed by atoms with Crippen molar-refractivity contribution in [1.29, 1.82) is 0 Å². The molecule has 28 heavy (non-hydrogen) atoms. The molecule has 0 fully saturated rings. The number of anilines is 1. The summed E-state index contributed by atoms with van der Waals surface area (Å²) in [6.07, 6.45) is 1.50. The smallest absolute Gasteiger partial charge is 0.324 e. The van der Waals surface area contributed by atoms with Gasteiger partial charge in [0, 0.05) is 16.6 Å². The molecule has 6 nitrogen and oxygen atoms in total. The maximum atomic E-state index is 12.7. The van der Waals surface area contributed by atoms with E-state index in [-0.39, 0.29) is 5.91 Å². The first-order valence-electron chi connectivity index (χ1n) is 8.93. The Morgan fingerprint density at radius 3 is 2.46 bits per heavy atom. The summed E-state index contributed by atoms with van der Waals surface area (Å²) in [7, 11) is 0. The van der Waals surface area contributed by atoms with Crippen molar-refractivity contribution in [3.05, 3.63) is 89.5 Å². The molecule has 0 aliphatic heterocycles. The van der Waals surface area contributed by atoms with Crippen molar-refractivity contribution in [3.8, 4) is 11.3 Å². The van der Waals surface area contributed by atoms with Crippen LogP contribution in [0.3, 0.4) is 0 Å². The highest BCUT2D eigenvalue weighted by Crippen LogP contribution is 2.23. The van der Waals surface area contributed by atoms with Gasteiger partial charge >= 0.3 is 5.69 Å². The molecule has 1 atom stereocenters. The number of nitrogens with one attached hydrogen (secondary N) is 1. The molecule has 0 radical (unpaired) electrons. The molecule has 6 heteroatoms. The molecule has 1 unspecified atom stereocenters. The second-order valence-corrected chi connectivity index (χ2v) is 6.43. The van der Waals surface area contributed by atoms with Crippen LogP contribution in [0.5, 0.6) is 0 Å². The normalized spacial score (nSPS) is 11.9. The third-order valence-corrected chi connectivity index (χ3v) is 4.58. The predicted molar refractivity (Wildman–Crippen MR) is 109 cm³/mol. The van der Waals surface area contributed by atoms with Crippen LogP contribution in [-0.2, 0) is 4.79 Å². The van der Waals surface area contributed by atoms with E-state index in [2.05, 4.69) is 15.4 Å². The van der Waals surface area contributed by atoms with Crippen LogP contribution in [0.4, 0.5) is 5.69 Å². The van der Waals surface area contributed by atoms with Crippen molar-refractivity contribution >= 4 is 22.4 Å². The number of hydrogen-bond donors (Lipinski definition) is 1. The Labute approximate surface area is 161 Å². The van der Waals surface area contributed by atoms with Crippen LogP contribution in [0.2, 0.25) is 0 Å². The third kappa shape index (κ3) is 3.40. The van der Waals surface area contributed by atoms with Crippen LogP contribution in [0.15, 0.2) is 83.8 Å². The second kappa shape index (κ2) is 7.44. The lowest BCUT2D eigenvalue weighted by Crippen LogP contribution is -2.34. The molecule has 4 rings (SSSR count). The standard InChI is InChI=1S/C22H18N4O2/c1-15(21(27)24-19-13-7-11-16-8-5-6-12-18(16)19)26-22(28)25-20(14-23-26)17-9-3-2-4-10-17/h2-15H,1H3,(H,24,27). The van der Waals surface area contributed by atoms with E-state index in [1.54, 1.807) is 6.92 Å². The number of nitrogens with zero attached hydrogens (tertiary/aromatic N) is 3. The van der Waals surface area contributed by atoms with Gasteiger partial charge in [-0.05, 0) is 18.4 Å². The fourth-order valence-corrected chi connectivity index (χ4v) is 3.05. The van der Waals surface area contributed by atoms with Gasteiger partial charge in [-0.2, -0.15) is 10.1 Å². The van der Waals surface area contributed by atoms with Crippen molar-refractivity contribution in [2.24, 2.45) is 0 Å². The van der Waals surface area contributed by atoms with Gasteiger partial charge in [0.05, 0.1) is 11.9 Å². The molecule has 1 aromatic heterocycles. The number of amides is 1. The van der Waals surface area contributed by atoms with Crippen molar-refractivity contribution in [3.63, 3.8) is 0 Å². The SMILES string of the molecule is CC(C(=O)Nc1cccc2ccccc12)n1ncc(-c2ccccc2)nc1=O. The van der Waals surface area contributed by atoms with E-state index in [1.165, 1.54) is 6.20 Å². The highest BCUT2D eigenvalue weighted by Gasteiger charge is 2.19. The summed E-state index contributed by atoms with van der Waals surface area (Å²) in [6.45, 7) is 1.62. The Morgan fingerprint density at radius 2 is 1.68 bits per heavy atom. The van der Waals surface area contributed by atoms with Crippen LogP contribution in [0.25, 0.3) is 22.0 Å². The minimum Gasteiger partial charge on any atom is -0.324 e. The van der Waals surface area contributed by atoms with E-state index < -0.39 is 11.7 Å². The zero-order valence-electron chi connectivity index (χ0n) is 15.2. The highest BCUT2D eigenvalue weighted by atomic mass is 16.2. The largest absolute Gasteiger partial charge is 0.365 e. The van der Waals surface area contributed by atoms with Gasteiger partial charge in [-0.15, -0.1) is 0 Å². The highest BCUT2D eigenvalue weighted by molar-refractivity contribution is 6.03. The summed E-state index contributed by atoms with van der Waals surface area (Å²) in [5.74, 6) is -0.333. The van der Waals surface area contributed by atoms with E-state index >= 15 is 0 Å². The number of hydrogen-bond acceptors (Lipinski definition) is 4. The van der Waals surface area contributed by atoms with Crippen molar-refractivity contribution in [2.45, 2.75) is 13.0 Å². The molecule has 0 aliphatic rings. The fourth-order valence-electron chi connectivity index (χ4n) is 3.05. The van der Waals surface area contributed by atoms with E-state index in [4.69, 9.17) is 0 Å². The van der Waals surface area contributed by atoms with Gasteiger partial charge in [0.1, 0.15) is 6.04 Å². The minimum absolute atomic E-state index is 0.333. The van der Waals surface area contributed by atoms with Crippen LogP contribution >= 0.6 is 0 Å². The monoisotopic (exact) mass is 370 g/mol. The summed E-state index contributed by atoms with van der Waals surface area (Å²) in [5, 5.41) is 9.01. The number of carbonyl (C=O) groups excluding carboxylic acids is 1. The Hall–Kier alpha value is -3.80. The average molecular weight is 370 g/mol. The Bertz CT molecular complexity index is 1200. The molecule has 0 aliphatic carbocycles. The van der Waals surface area contributed by atoms with Crippen LogP contribution in [-0.4, -0.2) is 20.7 Å². The van der Waals surface area contributed by atoms with E-state index in [9.17, 15) is 9.59 Å². The topological polar surface area (TPSA) is 76.9 Å². The van der Waals surface area contributed by atoms with Gasteiger partial charge < -0.3 is 5.32 Å². The van der Waals surface area contributed by atoms with Gasteiger partial charge in [-0.25, -0.2) is 9.48 Å². The summed E-state index contributed by atoms with van der Waals surface area (Å²) < 4.78 is 1.09. The van der Waals surface area contributed by atoms with Crippen molar-refractivity contribution < 1.29 is 4.79 Å². The summed E-state index contributed by atoms with van der Waals surface area (Å²) in [4.78, 5) is 29.2. The van der Waals surface area contributed by atoms with Gasteiger partial charge in [0.15, 0.2) is 0 Å². The van der Waals surface area contributed by atoms with E-state index in [0.717, 1.165) is 21.0 Å². The lowest BCUT2D eigenvalue weighted by molar-refractivity contribution is -0.119. The first kappa shape index (κ1) is 17.6. The van der Waals surface area contributed by atoms with Gasteiger partial charge in [-0.3, -0.25) is 4.79 Å². The first-order chi connectivity index (χ1) is 13.6. The molecule has 1 heterocycles. The van der Waals surface area contributed by atoms with Crippen molar-refractivity contribution in [1.82, 2.24) is 14.8 Å². The van der Waals surface area contributed by atoms with Gasteiger partial charge in [0.25, 0.3) is 0 Å². The predicted octanol–water partition coefficient (Wildman–Crippen LogP) is 3.66. The maximum absolute atomic E-state index is 12.7. The molecule has 1 amide bonds. The molecular formula is C22H18N4O2. The fraction of sp³-hybridized carbons (Fsp3) is 0.0909. The lowest BCUT2D eigenvalue weighted by atomic mass is 10.1. The quantitative estimate of drug-likeness (QED) is 0.595. The summed E-state index contributed by atoms with van der Waals surface area (Å²) in [5.41, 5.74) is 1.40. The second-order valence-electron chi connectivity index (χ2n) is 6.43.